The van der Waals surface area contributed by atoms with E-state index in [0.717, 1.165) is 4.90 Å². The Hall–Kier alpha value is -2.49. The van der Waals surface area contributed by atoms with Gasteiger partial charge in [0.2, 0.25) is 5.91 Å². The molecular weight excluding hydrogens is 455 g/mol. The van der Waals surface area contributed by atoms with Gasteiger partial charge in [0.15, 0.2) is 0 Å². The number of halogens is 2. The first-order chi connectivity index (χ1) is 15.2. The van der Waals surface area contributed by atoms with Gasteiger partial charge in [-0.15, -0.1) is 0 Å². The second-order valence-electron chi connectivity index (χ2n) is 8.31. The van der Waals surface area contributed by atoms with Gasteiger partial charge in [-0.1, -0.05) is 29.3 Å². The molecule has 0 bridgehead atoms. The molecule has 0 aromatic heterocycles. The van der Waals surface area contributed by atoms with Gasteiger partial charge in [0, 0.05) is 35.6 Å². The number of likely N-dealkylation sites (tertiary alicyclic amines) is 1. The molecule has 32 heavy (non-hydrogen) atoms. The van der Waals surface area contributed by atoms with Crippen LogP contribution in [0, 0.1) is 5.92 Å². The molecule has 0 aliphatic carbocycles. The molecule has 1 aromatic rings. The third-order valence-electron chi connectivity index (χ3n) is 6.36. The third kappa shape index (κ3) is 4.00. The van der Waals surface area contributed by atoms with Gasteiger partial charge in [-0.2, -0.15) is 0 Å². The van der Waals surface area contributed by atoms with Crippen molar-refractivity contribution in [1.82, 2.24) is 14.7 Å². The molecule has 11 heteroatoms. The van der Waals surface area contributed by atoms with E-state index in [1.54, 1.807) is 25.2 Å². The molecule has 1 atom stereocenters. The monoisotopic (exact) mass is 479 g/mol. The first kappa shape index (κ1) is 22.7. The van der Waals surface area contributed by atoms with Gasteiger partial charge in [-0.3, -0.25) is 24.3 Å². The van der Waals surface area contributed by atoms with Crippen LogP contribution in [0.1, 0.15) is 18.4 Å². The van der Waals surface area contributed by atoms with E-state index in [-0.39, 0.29) is 24.3 Å². The molecule has 170 valence electrons. The molecule has 0 saturated carbocycles. The summed E-state index contributed by atoms with van der Waals surface area (Å²) in [7, 11) is 3.07. The number of primary amides is 1. The number of urea groups is 1. The zero-order valence-corrected chi connectivity index (χ0v) is 19.4. The van der Waals surface area contributed by atoms with E-state index < -0.39 is 12.1 Å². The number of carbonyl (C=O) groups excluding carboxylic acids is 3. The Kier molecular flexibility index (Phi) is 6.24. The van der Waals surface area contributed by atoms with Crippen molar-refractivity contribution in [3.63, 3.8) is 0 Å². The Labute approximate surface area is 196 Å². The van der Waals surface area contributed by atoms with Crippen LogP contribution in [0.2, 0.25) is 10.0 Å². The number of piperidine rings is 1. The minimum Gasteiger partial charge on any atom is -0.369 e. The number of amides is 4. The number of likely N-dealkylation sites (N-methyl/N-ethyl adjacent to an activating group) is 2. The summed E-state index contributed by atoms with van der Waals surface area (Å²) in [5, 5.41) is 0.988. The molecule has 1 aromatic carbocycles. The van der Waals surface area contributed by atoms with Gasteiger partial charge in [-0.05, 0) is 43.1 Å². The molecule has 2 saturated heterocycles. The number of nitrogens with two attached hydrogens (primary N) is 1. The number of imide groups is 1. The number of amidine groups is 2. The second-order valence-corrected chi connectivity index (χ2v) is 9.12. The van der Waals surface area contributed by atoms with Crippen molar-refractivity contribution in [3.05, 3.63) is 33.8 Å². The largest absolute Gasteiger partial charge is 0.369 e. The standard InChI is InChI=1S/C21H24Cl2N6O3/c1-26-19-17(20(31)27(2)21(26)32)29(10-13-14(22)4-3-5-15(13)23)16(25-19)11-28-8-6-12(7-9-28)18(24)30/h3-5,12,17H,6-11H2,1-2H3,(H-,24,30)/p+1. The SMILES string of the molecule is CN1C(=O)C2C(=NC(CN3CCC(C(N)=O)CC3)=[N+]2Cc2c(Cl)cccc2Cl)N(C)C1=O. The summed E-state index contributed by atoms with van der Waals surface area (Å²) in [5.41, 5.74) is 6.14. The Morgan fingerprint density at radius 2 is 1.78 bits per heavy atom. The quantitative estimate of drug-likeness (QED) is 0.644. The maximum atomic E-state index is 13.1. The predicted octanol–water partition coefficient (Wildman–Crippen LogP) is 1.41. The van der Waals surface area contributed by atoms with Crippen LogP contribution in [0.5, 0.6) is 0 Å². The van der Waals surface area contributed by atoms with E-state index in [1.165, 1.54) is 11.9 Å². The fourth-order valence-electron chi connectivity index (χ4n) is 4.39. The average Bonchev–Trinajstić information content (AvgIpc) is 3.11. The molecular formula is C21H25Cl2N6O3+. The molecule has 0 radical (unpaired) electrons. The minimum atomic E-state index is -0.742. The summed E-state index contributed by atoms with van der Waals surface area (Å²) in [5.74, 6) is 0.307. The summed E-state index contributed by atoms with van der Waals surface area (Å²) in [6.07, 6.45) is 1.36. The maximum absolute atomic E-state index is 13.1. The summed E-state index contributed by atoms with van der Waals surface area (Å²) >= 11 is 12.8. The fourth-order valence-corrected chi connectivity index (χ4v) is 4.90. The highest BCUT2D eigenvalue weighted by molar-refractivity contribution is 6.36. The van der Waals surface area contributed by atoms with Crippen molar-refractivity contribution in [2.24, 2.45) is 16.6 Å². The van der Waals surface area contributed by atoms with Crippen molar-refractivity contribution in [1.29, 1.82) is 0 Å². The van der Waals surface area contributed by atoms with Crippen LogP contribution in [0.4, 0.5) is 4.79 Å². The molecule has 1 unspecified atom stereocenters. The average molecular weight is 480 g/mol. The highest BCUT2D eigenvalue weighted by Crippen LogP contribution is 2.28. The predicted molar refractivity (Wildman–Crippen MR) is 121 cm³/mol. The van der Waals surface area contributed by atoms with Crippen LogP contribution in [-0.4, -0.2) is 88.6 Å². The Morgan fingerprint density at radius 1 is 1.16 bits per heavy atom. The van der Waals surface area contributed by atoms with Crippen molar-refractivity contribution in [2.75, 3.05) is 33.7 Å². The topological polar surface area (TPSA) is 102 Å². The first-order valence-corrected chi connectivity index (χ1v) is 11.2. The molecule has 0 spiro atoms. The van der Waals surface area contributed by atoms with Crippen LogP contribution < -0.4 is 5.73 Å². The zero-order valence-electron chi connectivity index (χ0n) is 17.9. The maximum Gasteiger partial charge on any atom is 0.333 e. The Balaban J connectivity index is 1.68. The number of fused-ring (bicyclic) bond motifs is 1. The normalized spacial score (nSPS) is 22.5. The lowest BCUT2D eigenvalue weighted by atomic mass is 9.96. The summed E-state index contributed by atoms with van der Waals surface area (Å²) in [6, 6.07) is 4.09. The highest BCUT2D eigenvalue weighted by atomic mass is 35.5. The van der Waals surface area contributed by atoms with Gasteiger partial charge >= 0.3 is 11.9 Å². The van der Waals surface area contributed by atoms with Gasteiger partial charge in [-0.25, -0.2) is 9.37 Å². The first-order valence-electron chi connectivity index (χ1n) is 10.4. The van der Waals surface area contributed by atoms with E-state index >= 15 is 0 Å². The third-order valence-corrected chi connectivity index (χ3v) is 7.07. The summed E-state index contributed by atoms with van der Waals surface area (Å²) in [6.45, 7) is 2.11. The fraction of sp³-hybridized carbons (Fsp3) is 0.476. The summed E-state index contributed by atoms with van der Waals surface area (Å²) < 4.78 is 1.87. The van der Waals surface area contributed by atoms with Crippen molar-refractivity contribution < 1.29 is 19.0 Å². The second kappa shape index (κ2) is 8.80. The molecule has 3 aliphatic heterocycles. The number of hydrogen-bond acceptors (Lipinski definition) is 5. The summed E-state index contributed by atoms with van der Waals surface area (Å²) in [4.78, 5) is 46.5. The van der Waals surface area contributed by atoms with E-state index in [9.17, 15) is 14.4 Å². The minimum absolute atomic E-state index is 0.120. The molecule has 9 nitrogen and oxygen atoms in total. The Morgan fingerprint density at radius 3 is 2.38 bits per heavy atom. The van der Waals surface area contributed by atoms with Gasteiger partial charge in [0.05, 0.1) is 0 Å². The molecule has 4 amide bonds. The lowest BCUT2D eigenvalue weighted by Gasteiger charge is -2.31. The number of carbonyl (C=O) groups is 3. The van der Waals surface area contributed by atoms with Crippen molar-refractivity contribution >= 4 is 52.7 Å². The van der Waals surface area contributed by atoms with Gasteiger partial charge < -0.3 is 5.73 Å². The molecule has 4 rings (SSSR count). The van der Waals surface area contributed by atoms with E-state index in [0.29, 0.717) is 59.8 Å². The van der Waals surface area contributed by atoms with Gasteiger partial charge in [0.1, 0.15) is 13.1 Å². The van der Waals surface area contributed by atoms with Crippen molar-refractivity contribution in [3.8, 4) is 0 Å². The van der Waals surface area contributed by atoms with E-state index in [1.807, 2.05) is 4.58 Å². The van der Waals surface area contributed by atoms with Crippen LogP contribution >= 0.6 is 23.2 Å². The van der Waals surface area contributed by atoms with E-state index in [4.69, 9.17) is 33.9 Å². The number of hydrogen-bond donors (Lipinski definition) is 1. The molecule has 2 fully saturated rings. The van der Waals surface area contributed by atoms with E-state index in [2.05, 4.69) is 4.90 Å². The Bertz CT molecular complexity index is 1030. The highest BCUT2D eigenvalue weighted by Gasteiger charge is 2.53. The number of nitrogens with zero attached hydrogens (tertiary/aromatic N) is 5. The van der Waals surface area contributed by atoms with Crippen molar-refractivity contribution in [2.45, 2.75) is 25.4 Å². The number of benzene rings is 1. The smallest absolute Gasteiger partial charge is 0.333 e. The van der Waals surface area contributed by atoms with Crippen LogP contribution in [0.3, 0.4) is 0 Å². The lowest BCUT2D eigenvalue weighted by molar-refractivity contribution is -0.552. The molecule has 3 aliphatic rings. The lowest BCUT2D eigenvalue weighted by Crippen LogP contribution is -2.61. The van der Waals surface area contributed by atoms with Crippen LogP contribution in [0.25, 0.3) is 0 Å². The molecule has 3 heterocycles. The van der Waals surface area contributed by atoms with Crippen LogP contribution in [-0.2, 0) is 16.1 Å². The zero-order chi connectivity index (χ0) is 23.2. The number of aliphatic imine (C=N–C) groups is 1. The van der Waals surface area contributed by atoms with Gasteiger partial charge in [0.25, 0.3) is 17.8 Å². The number of rotatable bonds is 5. The molecule has 2 N–H and O–H groups in total. The van der Waals surface area contributed by atoms with Crippen LogP contribution in [0.15, 0.2) is 23.2 Å².